The molecule has 1 heteroatoms. The Morgan fingerprint density at radius 3 is 2.86 bits per heavy atom. The van der Waals surface area contributed by atoms with Gasteiger partial charge >= 0.3 is 0 Å². The molecule has 76 valence electrons. The van der Waals surface area contributed by atoms with Crippen LogP contribution in [0.2, 0.25) is 0 Å². The molecule has 0 aromatic heterocycles. The number of aryl methyl sites for hydroxylation is 1. The van der Waals surface area contributed by atoms with E-state index < -0.39 is 0 Å². The molecule has 1 aromatic carbocycles. The van der Waals surface area contributed by atoms with Crippen LogP contribution < -0.4 is 5.32 Å². The molecule has 1 atom stereocenters. The minimum atomic E-state index is 0.852. The van der Waals surface area contributed by atoms with E-state index in [2.05, 4.69) is 36.5 Å². The Bertz CT molecular complexity index is 293. The Labute approximate surface area is 86.5 Å². The van der Waals surface area contributed by atoms with E-state index in [0.717, 1.165) is 12.5 Å². The third-order valence-corrected chi connectivity index (χ3v) is 3.13. The van der Waals surface area contributed by atoms with Crippen LogP contribution in [0, 0.1) is 5.92 Å². The Morgan fingerprint density at radius 1 is 1.29 bits per heavy atom. The van der Waals surface area contributed by atoms with Crippen LogP contribution in [0.15, 0.2) is 24.3 Å². The molecule has 0 aliphatic heterocycles. The predicted molar refractivity (Wildman–Crippen MR) is 60.5 cm³/mol. The monoisotopic (exact) mass is 189 g/mol. The highest BCUT2D eigenvalue weighted by Gasteiger charge is 2.17. The maximum atomic E-state index is 3.45. The van der Waals surface area contributed by atoms with Crippen molar-refractivity contribution in [3.8, 4) is 0 Å². The fourth-order valence-electron chi connectivity index (χ4n) is 2.30. The van der Waals surface area contributed by atoms with Crippen molar-refractivity contribution in [1.29, 1.82) is 0 Å². The molecule has 0 heterocycles. The summed E-state index contributed by atoms with van der Waals surface area (Å²) in [6, 6.07) is 8.88. The Hall–Kier alpha value is -0.820. The van der Waals surface area contributed by atoms with Gasteiger partial charge in [-0.05, 0) is 49.4 Å². The molecule has 0 fully saturated rings. The van der Waals surface area contributed by atoms with Gasteiger partial charge in [0.15, 0.2) is 0 Å². The van der Waals surface area contributed by atoms with Gasteiger partial charge in [-0.15, -0.1) is 0 Å². The predicted octanol–water partition coefficient (Wildman–Crippen LogP) is 2.40. The van der Waals surface area contributed by atoms with Gasteiger partial charge in [0.1, 0.15) is 0 Å². The third-order valence-electron chi connectivity index (χ3n) is 3.13. The number of benzene rings is 1. The first-order chi connectivity index (χ1) is 6.90. The summed E-state index contributed by atoms with van der Waals surface area (Å²) in [7, 11) is 0. The van der Waals surface area contributed by atoms with Crippen molar-refractivity contribution in [2.45, 2.75) is 26.2 Å². The van der Waals surface area contributed by atoms with E-state index in [9.17, 15) is 0 Å². The molecule has 2 rings (SSSR count). The average Bonchev–Trinajstić information content (AvgIpc) is 2.26. The lowest BCUT2D eigenvalue weighted by atomic mass is 9.84. The third kappa shape index (κ3) is 2.16. The van der Waals surface area contributed by atoms with E-state index in [1.54, 1.807) is 11.1 Å². The molecule has 0 amide bonds. The summed E-state index contributed by atoms with van der Waals surface area (Å²) in [5.41, 5.74) is 3.14. The fourth-order valence-corrected chi connectivity index (χ4v) is 2.30. The minimum Gasteiger partial charge on any atom is -0.317 e. The summed E-state index contributed by atoms with van der Waals surface area (Å²) in [5, 5.41) is 3.45. The first kappa shape index (κ1) is 9.72. The van der Waals surface area contributed by atoms with Crippen LogP contribution in [0.25, 0.3) is 0 Å². The zero-order valence-electron chi connectivity index (χ0n) is 8.92. The van der Waals surface area contributed by atoms with Gasteiger partial charge in [-0.2, -0.15) is 0 Å². The molecule has 14 heavy (non-hydrogen) atoms. The highest BCUT2D eigenvalue weighted by atomic mass is 14.8. The molecule has 1 unspecified atom stereocenters. The lowest BCUT2D eigenvalue weighted by molar-refractivity contribution is 0.430. The van der Waals surface area contributed by atoms with Crippen LogP contribution in [0.4, 0.5) is 0 Å². The van der Waals surface area contributed by atoms with E-state index in [0.29, 0.717) is 0 Å². The maximum Gasteiger partial charge on any atom is -0.00173 e. The van der Waals surface area contributed by atoms with Crippen LogP contribution in [0.1, 0.15) is 24.5 Å². The molecular formula is C13H19N. The number of rotatable bonds is 3. The number of hydrogen-bond donors (Lipinski definition) is 1. The van der Waals surface area contributed by atoms with Gasteiger partial charge in [-0.25, -0.2) is 0 Å². The van der Waals surface area contributed by atoms with Crippen LogP contribution in [0.5, 0.6) is 0 Å². The van der Waals surface area contributed by atoms with Gasteiger partial charge in [0.05, 0.1) is 0 Å². The second kappa shape index (κ2) is 4.61. The number of nitrogens with one attached hydrogen (secondary N) is 1. The smallest absolute Gasteiger partial charge is 0.00173 e. The van der Waals surface area contributed by atoms with E-state index in [1.807, 2.05) is 0 Å². The summed E-state index contributed by atoms with van der Waals surface area (Å²) in [6.45, 7) is 4.46. The van der Waals surface area contributed by atoms with Gasteiger partial charge in [0, 0.05) is 0 Å². The van der Waals surface area contributed by atoms with Gasteiger partial charge in [0.25, 0.3) is 0 Å². The van der Waals surface area contributed by atoms with Crippen molar-refractivity contribution in [2.24, 2.45) is 5.92 Å². The van der Waals surface area contributed by atoms with Crippen molar-refractivity contribution in [1.82, 2.24) is 5.32 Å². The van der Waals surface area contributed by atoms with Crippen LogP contribution in [-0.2, 0) is 12.8 Å². The van der Waals surface area contributed by atoms with Gasteiger partial charge in [-0.3, -0.25) is 0 Å². The lowest BCUT2D eigenvalue weighted by Crippen LogP contribution is -2.27. The summed E-state index contributed by atoms with van der Waals surface area (Å²) >= 11 is 0. The summed E-state index contributed by atoms with van der Waals surface area (Å²) in [4.78, 5) is 0. The van der Waals surface area contributed by atoms with Crippen LogP contribution in [-0.4, -0.2) is 13.1 Å². The molecule has 1 N–H and O–H groups in total. The van der Waals surface area contributed by atoms with E-state index >= 15 is 0 Å². The summed E-state index contributed by atoms with van der Waals surface area (Å²) in [6.07, 6.45) is 3.89. The molecule has 0 bridgehead atoms. The topological polar surface area (TPSA) is 12.0 Å². The normalized spacial score (nSPS) is 20.5. The van der Waals surface area contributed by atoms with Gasteiger partial charge in [-0.1, -0.05) is 31.2 Å². The molecule has 0 saturated carbocycles. The maximum absolute atomic E-state index is 3.45. The SMILES string of the molecule is CCNCC1CCc2ccccc2C1. The summed E-state index contributed by atoms with van der Waals surface area (Å²) in [5.74, 6) is 0.852. The van der Waals surface area contributed by atoms with Crippen molar-refractivity contribution in [2.75, 3.05) is 13.1 Å². The molecular weight excluding hydrogens is 170 g/mol. The van der Waals surface area contributed by atoms with E-state index in [-0.39, 0.29) is 0 Å². The van der Waals surface area contributed by atoms with Gasteiger partial charge < -0.3 is 5.32 Å². The Kier molecular flexibility index (Phi) is 3.20. The van der Waals surface area contributed by atoms with E-state index in [4.69, 9.17) is 0 Å². The second-order valence-corrected chi connectivity index (χ2v) is 4.19. The van der Waals surface area contributed by atoms with Crippen molar-refractivity contribution < 1.29 is 0 Å². The van der Waals surface area contributed by atoms with Gasteiger partial charge in [0.2, 0.25) is 0 Å². The first-order valence-corrected chi connectivity index (χ1v) is 5.67. The second-order valence-electron chi connectivity index (χ2n) is 4.19. The zero-order valence-corrected chi connectivity index (χ0v) is 8.92. The molecule has 1 aliphatic carbocycles. The first-order valence-electron chi connectivity index (χ1n) is 5.67. The van der Waals surface area contributed by atoms with Crippen molar-refractivity contribution >= 4 is 0 Å². The highest BCUT2D eigenvalue weighted by molar-refractivity contribution is 5.29. The molecule has 1 aliphatic rings. The largest absolute Gasteiger partial charge is 0.317 e. The zero-order chi connectivity index (χ0) is 9.80. The molecule has 1 nitrogen and oxygen atoms in total. The van der Waals surface area contributed by atoms with Crippen LogP contribution >= 0.6 is 0 Å². The highest BCUT2D eigenvalue weighted by Crippen LogP contribution is 2.24. The minimum absolute atomic E-state index is 0.852. The fraction of sp³-hybridized carbons (Fsp3) is 0.538. The van der Waals surface area contributed by atoms with E-state index in [1.165, 1.54) is 25.8 Å². The van der Waals surface area contributed by atoms with Crippen LogP contribution in [0.3, 0.4) is 0 Å². The molecule has 1 aromatic rings. The quantitative estimate of drug-likeness (QED) is 0.770. The Balaban J connectivity index is 1.99. The number of hydrogen-bond acceptors (Lipinski definition) is 1. The lowest BCUT2D eigenvalue weighted by Gasteiger charge is -2.24. The molecule has 0 spiro atoms. The Morgan fingerprint density at radius 2 is 2.07 bits per heavy atom. The molecule has 0 radical (unpaired) electrons. The van der Waals surface area contributed by atoms with Crippen molar-refractivity contribution in [3.05, 3.63) is 35.4 Å². The number of fused-ring (bicyclic) bond motifs is 1. The average molecular weight is 189 g/mol. The molecule has 0 saturated heterocycles. The van der Waals surface area contributed by atoms with Crippen molar-refractivity contribution in [3.63, 3.8) is 0 Å². The standard InChI is InChI=1S/C13H19N/c1-2-14-10-11-7-8-12-5-3-4-6-13(12)9-11/h3-6,11,14H,2,7-10H2,1H3. The summed E-state index contributed by atoms with van der Waals surface area (Å²) < 4.78 is 0.